The highest BCUT2D eigenvalue weighted by molar-refractivity contribution is 7.92. The second kappa shape index (κ2) is 11.0. The van der Waals surface area contributed by atoms with Gasteiger partial charge in [0.15, 0.2) is 0 Å². The molecule has 0 radical (unpaired) electrons. The number of nitrogens with zero attached hydrogens (tertiary/aromatic N) is 3. The number of aryl methyl sites for hydroxylation is 2. The SMILES string of the molecule is Cc1cc(C)nc(NS(=O)(=O)c2ccc(NC(=O)c3ccc(CS(=O)(=O)N4CCCCC4)cc3)cc2)n1. The lowest BCUT2D eigenvalue weighted by Crippen LogP contribution is -2.36. The monoisotopic (exact) mass is 543 g/mol. The molecule has 1 aromatic heterocycles. The van der Waals surface area contributed by atoms with E-state index in [0.29, 0.717) is 41.3 Å². The van der Waals surface area contributed by atoms with Gasteiger partial charge in [0, 0.05) is 35.7 Å². The lowest BCUT2D eigenvalue weighted by atomic mass is 10.1. The number of rotatable bonds is 8. The Morgan fingerprint density at radius 3 is 2.05 bits per heavy atom. The molecule has 0 unspecified atom stereocenters. The number of hydrogen-bond donors (Lipinski definition) is 2. The first-order chi connectivity index (χ1) is 17.5. The van der Waals surface area contributed by atoms with Crippen molar-refractivity contribution in [3.8, 4) is 0 Å². The quantitative estimate of drug-likeness (QED) is 0.444. The molecule has 0 saturated carbocycles. The Morgan fingerprint density at radius 2 is 1.46 bits per heavy atom. The van der Waals surface area contributed by atoms with Gasteiger partial charge in [-0.3, -0.25) is 4.79 Å². The van der Waals surface area contributed by atoms with E-state index in [-0.39, 0.29) is 16.6 Å². The van der Waals surface area contributed by atoms with Crippen LogP contribution in [0, 0.1) is 13.8 Å². The standard InChI is InChI=1S/C25H29N5O5S2/c1-18-16-19(2)27-25(26-18)29-37(34,35)23-12-10-22(11-13-23)28-24(31)21-8-6-20(7-9-21)17-36(32,33)30-14-4-3-5-15-30/h6-13,16H,3-5,14-15,17H2,1-2H3,(H,28,31)(H,26,27,29). The molecule has 1 aliphatic rings. The lowest BCUT2D eigenvalue weighted by molar-refractivity contribution is 0.102. The van der Waals surface area contributed by atoms with Gasteiger partial charge in [-0.05, 0) is 74.7 Å². The minimum absolute atomic E-state index is 0.00692. The molecule has 0 aliphatic carbocycles. The zero-order valence-electron chi connectivity index (χ0n) is 20.6. The molecule has 0 atom stereocenters. The van der Waals surface area contributed by atoms with Gasteiger partial charge in [0.1, 0.15) is 0 Å². The number of benzene rings is 2. The van der Waals surface area contributed by atoms with Gasteiger partial charge in [-0.2, -0.15) is 0 Å². The highest BCUT2D eigenvalue weighted by atomic mass is 32.2. The molecule has 2 aromatic carbocycles. The van der Waals surface area contributed by atoms with Crippen molar-refractivity contribution >= 4 is 37.6 Å². The summed E-state index contributed by atoms with van der Waals surface area (Å²) in [5.74, 6) is -0.517. The second-order valence-electron chi connectivity index (χ2n) is 8.97. The average Bonchev–Trinajstić information content (AvgIpc) is 2.84. The Labute approximate surface area is 217 Å². The third kappa shape index (κ3) is 6.90. The first kappa shape index (κ1) is 26.7. The van der Waals surface area contributed by atoms with Gasteiger partial charge in [0.2, 0.25) is 16.0 Å². The number of anilines is 2. The van der Waals surface area contributed by atoms with E-state index in [1.807, 2.05) is 0 Å². The van der Waals surface area contributed by atoms with Crippen LogP contribution < -0.4 is 10.0 Å². The summed E-state index contributed by atoms with van der Waals surface area (Å²) in [6, 6.07) is 13.8. The van der Waals surface area contributed by atoms with E-state index >= 15 is 0 Å². The number of nitrogens with one attached hydrogen (secondary N) is 2. The number of amides is 1. The largest absolute Gasteiger partial charge is 0.322 e. The molecule has 1 fully saturated rings. The maximum absolute atomic E-state index is 12.7. The van der Waals surface area contributed by atoms with Crippen LogP contribution >= 0.6 is 0 Å². The molecule has 3 aromatic rings. The fraction of sp³-hybridized carbons (Fsp3) is 0.320. The topological polar surface area (TPSA) is 138 Å². The van der Waals surface area contributed by atoms with E-state index < -0.39 is 26.0 Å². The molecule has 0 bridgehead atoms. The summed E-state index contributed by atoms with van der Waals surface area (Å²) in [6.45, 7) is 4.60. The van der Waals surface area contributed by atoms with Gasteiger partial charge >= 0.3 is 0 Å². The van der Waals surface area contributed by atoms with Gasteiger partial charge < -0.3 is 5.32 Å². The molecule has 2 N–H and O–H groups in total. The van der Waals surface area contributed by atoms with Crippen molar-refractivity contribution in [2.75, 3.05) is 23.1 Å². The Morgan fingerprint density at radius 1 is 0.865 bits per heavy atom. The van der Waals surface area contributed by atoms with Crippen molar-refractivity contribution in [3.05, 3.63) is 77.1 Å². The molecule has 4 rings (SSSR count). The average molecular weight is 544 g/mol. The normalized spacial score (nSPS) is 14.8. The molecule has 37 heavy (non-hydrogen) atoms. The second-order valence-corrected chi connectivity index (χ2v) is 12.6. The van der Waals surface area contributed by atoms with Crippen LogP contribution in [-0.2, 0) is 25.8 Å². The van der Waals surface area contributed by atoms with Gasteiger partial charge in [-0.1, -0.05) is 18.6 Å². The predicted molar refractivity (Wildman–Crippen MR) is 141 cm³/mol. The number of aromatic nitrogens is 2. The van der Waals surface area contributed by atoms with Crippen LogP contribution in [0.3, 0.4) is 0 Å². The van der Waals surface area contributed by atoms with Crippen LogP contribution in [0.25, 0.3) is 0 Å². The first-order valence-electron chi connectivity index (χ1n) is 11.9. The summed E-state index contributed by atoms with van der Waals surface area (Å²) >= 11 is 0. The zero-order chi connectivity index (χ0) is 26.6. The number of carbonyl (C=O) groups is 1. The summed E-state index contributed by atoms with van der Waals surface area (Å²) < 4.78 is 54.5. The van der Waals surface area contributed by atoms with E-state index in [2.05, 4.69) is 20.0 Å². The Hall–Kier alpha value is -3.35. The molecule has 1 aliphatic heterocycles. The van der Waals surface area contributed by atoms with E-state index in [9.17, 15) is 21.6 Å². The van der Waals surface area contributed by atoms with Gasteiger partial charge in [0.05, 0.1) is 10.6 Å². The zero-order valence-corrected chi connectivity index (χ0v) is 22.3. The third-order valence-corrected chi connectivity index (χ3v) is 9.10. The lowest BCUT2D eigenvalue weighted by Gasteiger charge is -2.25. The Kier molecular flexibility index (Phi) is 7.90. The van der Waals surface area contributed by atoms with Crippen molar-refractivity contribution in [2.45, 2.75) is 43.8 Å². The van der Waals surface area contributed by atoms with E-state index in [0.717, 1.165) is 19.3 Å². The van der Waals surface area contributed by atoms with Crippen molar-refractivity contribution in [3.63, 3.8) is 0 Å². The fourth-order valence-corrected chi connectivity index (χ4v) is 6.62. The van der Waals surface area contributed by atoms with E-state index in [1.54, 1.807) is 44.2 Å². The van der Waals surface area contributed by atoms with Gasteiger partial charge in [-0.25, -0.2) is 35.8 Å². The van der Waals surface area contributed by atoms with E-state index in [4.69, 9.17) is 0 Å². The molecule has 2 heterocycles. The number of sulfonamides is 2. The van der Waals surface area contributed by atoms with E-state index in [1.165, 1.54) is 28.6 Å². The summed E-state index contributed by atoms with van der Waals surface area (Å²) in [6.07, 6.45) is 2.80. The molecule has 12 heteroatoms. The number of piperidine rings is 1. The van der Waals surface area contributed by atoms with Crippen molar-refractivity contribution in [1.29, 1.82) is 0 Å². The van der Waals surface area contributed by atoms with Crippen molar-refractivity contribution in [2.24, 2.45) is 0 Å². The van der Waals surface area contributed by atoms with Crippen LogP contribution in [0.4, 0.5) is 11.6 Å². The van der Waals surface area contributed by atoms with Crippen LogP contribution in [0.1, 0.15) is 46.6 Å². The van der Waals surface area contributed by atoms with Crippen molar-refractivity contribution < 1.29 is 21.6 Å². The van der Waals surface area contributed by atoms with Crippen LogP contribution in [0.15, 0.2) is 59.5 Å². The van der Waals surface area contributed by atoms with Crippen LogP contribution in [-0.4, -0.2) is 50.1 Å². The smallest absolute Gasteiger partial charge is 0.264 e. The van der Waals surface area contributed by atoms with Gasteiger partial charge in [0.25, 0.3) is 15.9 Å². The maximum Gasteiger partial charge on any atom is 0.264 e. The Bertz CT molecular complexity index is 1460. The first-order valence-corrected chi connectivity index (χ1v) is 14.9. The van der Waals surface area contributed by atoms with Gasteiger partial charge in [-0.15, -0.1) is 0 Å². The summed E-state index contributed by atoms with van der Waals surface area (Å²) in [5.41, 5.74) is 2.64. The molecule has 10 nitrogen and oxygen atoms in total. The summed E-state index contributed by atoms with van der Waals surface area (Å²) in [4.78, 5) is 20.8. The Balaban J connectivity index is 1.38. The minimum Gasteiger partial charge on any atom is -0.322 e. The van der Waals surface area contributed by atoms with Crippen LogP contribution in [0.5, 0.6) is 0 Å². The molecular weight excluding hydrogens is 514 g/mol. The summed E-state index contributed by atoms with van der Waals surface area (Å²) in [7, 11) is -7.30. The molecule has 196 valence electrons. The van der Waals surface area contributed by atoms with Crippen molar-refractivity contribution in [1.82, 2.24) is 14.3 Å². The summed E-state index contributed by atoms with van der Waals surface area (Å²) in [5, 5.41) is 2.72. The molecule has 1 amide bonds. The minimum atomic E-state index is -3.91. The van der Waals surface area contributed by atoms with Crippen LogP contribution in [0.2, 0.25) is 0 Å². The number of hydrogen-bond acceptors (Lipinski definition) is 7. The fourth-order valence-electron chi connectivity index (χ4n) is 4.07. The maximum atomic E-state index is 12.7. The molecular formula is C25H29N5O5S2. The highest BCUT2D eigenvalue weighted by Gasteiger charge is 2.24. The third-order valence-electron chi connectivity index (χ3n) is 5.90. The number of carbonyl (C=O) groups excluding carboxylic acids is 1. The molecule has 1 saturated heterocycles. The predicted octanol–water partition coefficient (Wildman–Crippen LogP) is 3.46. The molecule has 0 spiro atoms. The highest BCUT2D eigenvalue weighted by Crippen LogP contribution is 2.20.